The Labute approximate surface area is 130 Å². The van der Waals surface area contributed by atoms with Crippen molar-refractivity contribution in [3.63, 3.8) is 0 Å². The van der Waals surface area contributed by atoms with Gasteiger partial charge >= 0.3 is 0 Å². The van der Waals surface area contributed by atoms with Gasteiger partial charge < -0.3 is 10.6 Å². The number of nitrogen functional groups attached to an aromatic ring is 1. The lowest BCUT2D eigenvalue weighted by Gasteiger charge is -2.31. The monoisotopic (exact) mass is 302 g/mol. The van der Waals surface area contributed by atoms with Crippen molar-refractivity contribution in [1.82, 2.24) is 4.90 Å². The zero-order chi connectivity index (χ0) is 15.5. The molecule has 2 N–H and O–H groups in total. The molecule has 2 aromatic rings. The molecule has 1 aromatic heterocycles. The molecule has 0 spiro atoms. The van der Waals surface area contributed by atoms with Crippen LogP contribution in [-0.2, 0) is 16.8 Å². The highest BCUT2D eigenvalue weighted by Crippen LogP contribution is 2.27. The molecule has 21 heavy (non-hydrogen) atoms. The van der Waals surface area contributed by atoms with Gasteiger partial charge in [0.05, 0.1) is 12.0 Å². The van der Waals surface area contributed by atoms with Crippen LogP contribution in [0.2, 0.25) is 0 Å². The molecule has 0 saturated heterocycles. The molecule has 1 aromatic carbocycles. The van der Waals surface area contributed by atoms with Gasteiger partial charge in [-0.2, -0.15) is 0 Å². The second-order valence-corrected chi connectivity index (χ2v) is 6.68. The summed E-state index contributed by atoms with van der Waals surface area (Å²) in [7, 11) is 0. The maximum atomic E-state index is 12.9. The summed E-state index contributed by atoms with van der Waals surface area (Å²) in [6, 6.07) is 11.7. The Bertz CT molecular complexity index is 588. The van der Waals surface area contributed by atoms with Crippen molar-refractivity contribution in [3.05, 3.63) is 52.2 Å². The van der Waals surface area contributed by atoms with Crippen LogP contribution in [-0.4, -0.2) is 17.4 Å². The van der Waals surface area contributed by atoms with Crippen molar-refractivity contribution in [3.8, 4) is 0 Å². The summed E-state index contributed by atoms with van der Waals surface area (Å²) in [6.07, 6.45) is 0. The van der Waals surface area contributed by atoms with Gasteiger partial charge in [0, 0.05) is 17.1 Å². The third kappa shape index (κ3) is 3.45. The summed E-state index contributed by atoms with van der Waals surface area (Å²) in [5, 5.41) is 2.04. The van der Waals surface area contributed by atoms with Gasteiger partial charge in [-0.25, -0.2) is 0 Å². The summed E-state index contributed by atoms with van der Waals surface area (Å²) in [4.78, 5) is 16.0. The van der Waals surface area contributed by atoms with Gasteiger partial charge in [0.1, 0.15) is 0 Å². The average Bonchev–Trinajstić information content (AvgIpc) is 2.97. The van der Waals surface area contributed by atoms with E-state index in [0.29, 0.717) is 18.8 Å². The molecule has 0 aliphatic rings. The number of rotatable bonds is 5. The molecule has 0 atom stereocenters. The van der Waals surface area contributed by atoms with Gasteiger partial charge in [-0.3, -0.25) is 4.79 Å². The first-order chi connectivity index (χ1) is 9.95. The highest BCUT2D eigenvalue weighted by molar-refractivity contribution is 7.09. The van der Waals surface area contributed by atoms with Gasteiger partial charge in [-0.15, -0.1) is 11.3 Å². The fourth-order valence-electron chi connectivity index (χ4n) is 2.34. The van der Waals surface area contributed by atoms with Crippen LogP contribution in [0.4, 0.5) is 5.69 Å². The molecule has 3 nitrogen and oxygen atoms in total. The third-order valence-corrected chi connectivity index (χ3v) is 4.62. The molecular formula is C17H22N2OS. The Morgan fingerprint density at radius 2 is 1.90 bits per heavy atom. The summed E-state index contributed by atoms with van der Waals surface area (Å²) >= 11 is 1.68. The van der Waals surface area contributed by atoms with Crippen molar-refractivity contribution >= 4 is 22.9 Å². The van der Waals surface area contributed by atoms with Crippen molar-refractivity contribution in [2.24, 2.45) is 0 Å². The molecule has 0 saturated carbocycles. The van der Waals surface area contributed by atoms with Crippen LogP contribution in [0.25, 0.3) is 0 Å². The summed E-state index contributed by atoms with van der Waals surface area (Å²) in [5.74, 6) is 0.142. The smallest absolute Gasteiger partial charge is 0.232 e. The number of benzene rings is 1. The molecule has 0 unspecified atom stereocenters. The second kappa shape index (κ2) is 6.31. The molecule has 4 heteroatoms. The van der Waals surface area contributed by atoms with Crippen LogP contribution in [0.1, 0.15) is 31.2 Å². The van der Waals surface area contributed by atoms with Gasteiger partial charge in [0.15, 0.2) is 0 Å². The zero-order valence-corrected chi connectivity index (χ0v) is 13.6. The number of carbonyl (C=O) groups excluding carboxylic acids is 1. The normalized spacial score (nSPS) is 11.4. The van der Waals surface area contributed by atoms with Crippen LogP contribution < -0.4 is 5.73 Å². The van der Waals surface area contributed by atoms with E-state index < -0.39 is 5.41 Å². The Kier molecular flexibility index (Phi) is 4.68. The predicted molar refractivity (Wildman–Crippen MR) is 89.3 cm³/mol. The number of hydrogen-bond acceptors (Lipinski definition) is 3. The fourth-order valence-corrected chi connectivity index (χ4v) is 3.06. The van der Waals surface area contributed by atoms with Gasteiger partial charge in [-0.1, -0.05) is 18.2 Å². The number of hydrogen-bond donors (Lipinski definition) is 1. The molecule has 1 heterocycles. The van der Waals surface area contributed by atoms with Crippen LogP contribution in [0.3, 0.4) is 0 Å². The van der Waals surface area contributed by atoms with Gasteiger partial charge in [0.2, 0.25) is 5.91 Å². The minimum Gasteiger partial charge on any atom is -0.399 e. The van der Waals surface area contributed by atoms with Crippen molar-refractivity contribution in [2.45, 2.75) is 32.7 Å². The van der Waals surface area contributed by atoms with E-state index in [2.05, 4.69) is 6.07 Å². The lowest BCUT2D eigenvalue weighted by Crippen LogP contribution is -2.42. The molecule has 2 rings (SSSR count). The van der Waals surface area contributed by atoms with Crippen LogP contribution in [0, 0.1) is 0 Å². The first kappa shape index (κ1) is 15.6. The maximum absolute atomic E-state index is 12.9. The van der Waals surface area contributed by atoms with E-state index in [9.17, 15) is 4.79 Å². The molecule has 0 aliphatic heterocycles. The minimum atomic E-state index is -0.555. The Morgan fingerprint density at radius 3 is 2.43 bits per heavy atom. The van der Waals surface area contributed by atoms with E-state index >= 15 is 0 Å². The van der Waals surface area contributed by atoms with Gasteiger partial charge in [0.25, 0.3) is 0 Å². The van der Waals surface area contributed by atoms with Crippen LogP contribution in [0.5, 0.6) is 0 Å². The van der Waals surface area contributed by atoms with E-state index in [1.54, 1.807) is 11.3 Å². The number of carbonyl (C=O) groups is 1. The van der Waals surface area contributed by atoms with Crippen molar-refractivity contribution in [2.75, 3.05) is 12.3 Å². The predicted octanol–water partition coefficient (Wildman–Crippen LogP) is 3.66. The molecule has 112 valence electrons. The topological polar surface area (TPSA) is 46.3 Å². The first-order valence-corrected chi connectivity index (χ1v) is 8.01. The van der Waals surface area contributed by atoms with E-state index in [4.69, 9.17) is 5.73 Å². The number of thiophene rings is 1. The van der Waals surface area contributed by atoms with E-state index in [1.807, 2.05) is 61.4 Å². The zero-order valence-electron chi connectivity index (χ0n) is 12.8. The number of amides is 1. The maximum Gasteiger partial charge on any atom is 0.232 e. The Morgan fingerprint density at radius 1 is 1.24 bits per heavy atom. The largest absolute Gasteiger partial charge is 0.399 e. The summed E-state index contributed by atoms with van der Waals surface area (Å²) in [6.45, 7) is 7.33. The number of nitrogens with zero attached hydrogens (tertiary/aromatic N) is 1. The van der Waals surface area contributed by atoms with E-state index in [1.165, 1.54) is 4.88 Å². The molecule has 0 fully saturated rings. The second-order valence-electron chi connectivity index (χ2n) is 5.65. The van der Waals surface area contributed by atoms with E-state index in [0.717, 1.165) is 5.56 Å². The van der Waals surface area contributed by atoms with Crippen LogP contribution in [0.15, 0.2) is 41.8 Å². The molecule has 0 aliphatic carbocycles. The quantitative estimate of drug-likeness (QED) is 0.857. The highest BCUT2D eigenvalue weighted by Gasteiger charge is 2.33. The summed E-state index contributed by atoms with van der Waals surface area (Å²) < 4.78 is 0. The minimum absolute atomic E-state index is 0.142. The standard InChI is InChI=1S/C17H22N2OS/c1-4-19(12-15-6-5-11-21-15)16(20)17(2,3)13-7-9-14(18)10-8-13/h5-11H,4,12,18H2,1-3H3. The van der Waals surface area contributed by atoms with Crippen molar-refractivity contribution in [1.29, 1.82) is 0 Å². The molecular weight excluding hydrogens is 280 g/mol. The first-order valence-electron chi connectivity index (χ1n) is 7.13. The molecule has 0 radical (unpaired) electrons. The lowest BCUT2D eigenvalue weighted by atomic mass is 9.83. The molecule has 1 amide bonds. The van der Waals surface area contributed by atoms with E-state index in [-0.39, 0.29) is 5.91 Å². The SMILES string of the molecule is CCN(Cc1cccs1)C(=O)C(C)(C)c1ccc(N)cc1. The number of anilines is 1. The van der Waals surface area contributed by atoms with Gasteiger partial charge in [-0.05, 0) is 49.9 Å². The van der Waals surface area contributed by atoms with Crippen molar-refractivity contribution < 1.29 is 4.79 Å². The molecule has 0 bridgehead atoms. The Hall–Kier alpha value is -1.81. The average molecular weight is 302 g/mol. The van der Waals surface area contributed by atoms with Crippen LogP contribution >= 0.6 is 11.3 Å². The Balaban J connectivity index is 2.20. The number of likely N-dealkylation sites (N-methyl/N-ethyl adjacent to an activating group) is 1. The lowest BCUT2D eigenvalue weighted by molar-refractivity contribution is -0.136. The fraction of sp³-hybridized carbons (Fsp3) is 0.353. The third-order valence-electron chi connectivity index (χ3n) is 3.76. The summed E-state index contributed by atoms with van der Waals surface area (Å²) in [5.41, 5.74) is 6.88. The number of nitrogens with two attached hydrogens (primary N) is 1. The highest BCUT2D eigenvalue weighted by atomic mass is 32.1.